The number of fused-ring (bicyclic) bond motifs is 1. The molecule has 0 radical (unpaired) electrons. The van der Waals surface area contributed by atoms with Crippen LogP contribution in [0.2, 0.25) is 0 Å². The van der Waals surface area contributed by atoms with Gasteiger partial charge in [0.25, 0.3) is 5.91 Å². The van der Waals surface area contributed by atoms with Crippen molar-refractivity contribution in [1.29, 1.82) is 0 Å². The Bertz CT molecular complexity index is 1060. The fourth-order valence-electron chi connectivity index (χ4n) is 2.75. The Kier molecular flexibility index (Phi) is 4.78. The summed E-state index contributed by atoms with van der Waals surface area (Å²) in [5.41, 5.74) is 1.24. The molecule has 4 rings (SSSR count). The molecule has 6 nitrogen and oxygen atoms in total. The summed E-state index contributed by atoms with van der Waals surface area (Å²) >= 11 is 0. The number of amides is 1. The molecule has 2 aromatic heterocycles. The van der Waals surface area contributed by atoms with Crippen LogP contribution in [0.1, 0.15) is 5.69 Å². The van der Waals surface area contributed by atoms with Gasteiger partial charge in [-0.1, -0.05) is 30.3 Å². The lowest BCUT2D eigenvalue weighted by atomic mass is 10.1. The SMILES string of the molecule is O=C(COc1ccc2ccccc2c1)NCc1nccnc1-c1ccco1. The lowest BCUT2D eigenvalue weighted by molar-refractivity contribution is -0.123. The van der Waals surface area contributed by atoms with Crippen molar-refractivity contribution in [3.05, 3.63) is 78.9 Å². The molecule has 0 unspecified atom stereocenters. The number of hydrogen-bond donors (Lipinski definition) is 1. The van der Waals surface area contributed by atoms with E-state index in [2.05, 4.69) is 15.3 Å². The number of carbonyl (C=O) groups is 1. The minimum atomic E-state index is -0.237. The zero-order valence-electron chi connectivity index (χ0n) is 14.5. The van der Waals surface area contributed by atoms with Crippen molar-refractivity contribution in [2.75, 3.05) is 6.61 Å². The molecule has 0 bridgehead atoms. The summed E-state index contributed by atoms with van der Waals surface area (Å²) in [4.78, 5) is 20.7. The van der Waals surface area contributed by atoms with Crippen molar-refractivity contribution >= 4 is 16.7 Å². The largest absolute Gasteiger partial charge is 0.484 e. The van der Waals surface area contributed by atoms with Crippen molar-refractivity contribution in [3.63, 3.8) is 0 Å². The van der Waals surface area contributed by atoms with Crippen LogP contribution >= 0.6 is 0 Å². The maximum Gasteiger partial charge on any atom is 0.258 e. The highest BCUT2D eigenvalue weighted by Gasteiger charge is 2.11. The van der Waals surface area contributed by atoms with E-state index in [0.29, 0.717) is 22.9 Å². The number of rotatable bonds is 6. The molecule has 2 heterocycles. The minimum absolute atomic E-state index is 0.0747. The third-order valence-electron chi connectivity index (χ3n) is 4.07. The summed E-state index contributed by atoms with van der Waals surface area (Å²) in [6.45, 7) is 0.165. The normalized spacial score (nSPS) is 10.7. The van der Waals surface area contributed by atoms with Gasteiger partial charge in [-0.15, -0.1) is 0 Å². The van der Waals surface area contributed by atoms with Crippen LogP contribution in [-0.2, 0) is 11.3 Å². The lowest BCUT2D eigenvalue weighted by Gasteiger charge is -2.09. The molecule has 0 atom stereocenters. The Morgan fingerprint density at radius 1 is 1.00 bits per heavy atom. The predicted octanol–water partition coefficient (Wildman–Crippen LogP) is 3.59. The lowest BCUT2D eigenvalue weighted by Crippen LogP contribution is -2.29. The van der Waals surface area contributed by atoms with E-state index >= 15 is 0 Å². The average molecular weight is 359 g/mol. The summed E-state index contributed by atoms with van der Waals surface area (Å²) in [7, 11) is 0. The molecule has 0 saturated heterocycles. The second-order valence-electron chi connectivity index (χ2n) is 5.90. The van der Waals surface area contributed by atoms with Crippen LogP contribution in [0, 0.1) is 0 Å². The van der Waals surface area contributed by atoms with Crippen LogP contribution in [0.5, 0.6) is 5.75 Å². The van der Waals surface area contributed by atoms with E-state index in [1.165, 1.54) is 0 Å². The fraction of sp³-hybridized carbons (Fsp3) is 0.0952. The summed E-state index contributed by atoms with van der Waals surface area (Å²) in [6.07, 6.45) is 4.75. The van der Waals surface area contributed by atoms with Gasteiger partial charge in [0.05, 0.1) is 18.5 Å². The molecule has 134 valence electrons. The number of furan rings is 1. The van der Waals surface area contributed by atoms with Crippen LogP contribution < -0.4 is 10.1 Å². The molecule has 27 heavy (non-hydrogen) atoms. The van der Waals surface area contributed by atoms with E-state index in [1.807, 2.05) is 42.5 Å². The molecule has 0 aliphatic rings. The third-order valence-corrected chi connectivity index (χ3v) is 4.07. The summed E-state index contributed by atoms with van der Waals surface area (Å²) < 4.78 is 11.0. The van der Waals surface area contributed by atoms with Crippen LogP contribution in [0.4, 0.5) is 0 Å². The topological polar surface area (TPSA) is 77.2 Å². The van der Waals surface area contributed by atoms with Crippen molar-refractivity contribution in [3.8, 4) is 17.2 Å². The van der Waals surface area contributed by atoms with Crippen LogP contribution in [0.15, 0.2) is 77.7 Å². The van der Waals surface area contributed by atoms with Gasteiger partial charge in [0.1, 0.15) is 11.4 Å². The molecular weight excluding hydrogens is 342 g/mol. The summed E-state index contributed by atoms with van der Waals surface area (Å²) in [5.74, 6) is 1.03. The number of aromatic nitrogens is 2. The van der Waals surface area contributed by atoms with Crippen molar-refractivity contribution in [2.45, 2.75) is 6.54 Å². The van der Waals surface area contributed by atoms with Crippen molar-refractivity contribution < 1.29 is 13.9 Å². The molecule has 1 amide bonds. The Hall–Kier alpha value is -3.67. The van der Waals surface area contributed by atoms with Gasteiger partial charge in [-0.05, 0) is 35.0 Å². The van der Waals surface area contributed by atoms with Crippen LogP contribution in [0.25, 0.3) is 22.2 Å². The van der Waals surface area contributed by atoms with Gasteiger partial charge in [-0.2, -0.15) is 0 Å². The molecule has 0 spiro atoms. The molecule has 0 fully saturated rings. The highest BCUT2D eigenvalue weighted by Crippen LogP contribution is 2.21. The maximum atomic E-state index is 12.1. The molecule has 0 aliphatic heterocycles. The maximum absolute atomic E-state index is 12.1. The molecule has 6 heteroatoms. The Balaban J connectivity index is 1.36. The van der Waals surface area contributed by atoms with Gasteiger partial charge in [-0.3, -0.25) is 9.78 Å². The average Bonchev–Trinajstić information content (AvgIpc) is 3.25. The fourth-order valence-corrected chi connectivity index (χ4v) is 2.75. The summed E-state index contributed by atoms with van der Waals surface area (Å²) in [6, 6.07) is 17.3. The molecule has 0 aliphatic carbocycles. The first kappa shape index (κ1) is 16.8. The van der Waals surface area contributed by atoms with E-state index in [-0.39, 0.29) is 19.1 Å². The smallest absolute Gasteiger partial charge is 0.258 e. The first-order chi connectivity index (χ1) is 13.3. The van der Waals surface area contributed by atoms with Gasteiger partial charge in [0.15, 0.2) is 12.4 Å². The Labute approximate surface area is 155 Å². The van der Waals surface area contributed by atoms with E-state index in [4.69, 9.17) is 9.15 Å². The van der Waals surface area contributed by atoms with Crippen LogP contribution in [0.3, 0.4) is 0 Å². The van der Waals surface area contributed by atoms with Gasteiger partial charge in [-0.25, -0.2) is 4.98 Å². The standard InChI is InChI=1S/C21H17N3O3/c25-20(14-27-17-8-7-15-4-1-2-5-16(15)12-17)24-13-18-21(23-10-9-22-18)19-6-3-11-26-19/h1-12H,13-14H2,(H,24,25). The van der Waals surface area contributed by atoms with Gasteiger partial charge in [0, 0.05) is 12.4 Å². The highest BCUT2D eigenvalue weighted by molar-refractivity contribution is 5.84. The van der Waals surface area contributed by atoms with E-state index < -0.39 is 0 Å². The molecular formula is C21H17N3O3. The zero-order valence-corrected chi connectivity index (χ0v) is 14.5. The van der Waals surface area contributed by atoms with E-state index in [9.17, 15) is 4.79 Å². The van der Waals surface area contributed by atoms with Crippen LogP contribution in [-0.4, -0.2) is 22.5 Å². The second-order valence-corrected chi connectivity index (χ2v) is 5.90. The first-order valence-corrected chi connectivity index (χ1v) is 8.52. The quantitative estimate of drug-likeness (QED) is 0.569. The number of ether oxygens (including phenoxy) is 1. The van der Waals surface area contributed by atoms with Crippen molar-refractivity contribution in [1.82, 2.24) is 15.3 Å². The molecule has 1 N–H and O–H groups in total. The van der Waals surface area contributed by atoms with Gasteiger partial charge < -0.3 is 14.5 Å². The number of nitrogens with one attached hydrogen (secondary N) is 1. The minimum Gasteiger partial charge on any atom is -0.484 e. The number of benzene rings is 2. The Morgan fingerprint density at radius 3 is 2.70 bits per heavy atom. The van der Waals surface area contributed by atoms with Crippen molar-refractivity contribution in [2.24, 2.45) is 0 Å². The molecule has 0 saturated carbocycles. The highest BCUT2D eigenvalue weighted by atomic mass is 16.5. The first-order valence-electron chi connectivity index (χ1n) is 8.52. The van der Waals surface area contributed by atoms with E-state index in [0.717, 1.165) is 10.8 Å². The molecule has 4 aromatic rings. The monoisotopic (exact) mass is 359 g/mol. The Morgan fingerprint density at radius 2 is 1.85 bits per heavy atom. The zero-order chi connectivity index (χ0) is 18.5. The van der Waals surface area contributed by atoms with Gasteiger partial charge in [0.2, 0.25) is 0 Å². The number of nitrogens with zero attached hydrogens (tertiary/aromatic N) is 2. The van der Waals surface area contributed by atoms with E-state index in [1.54, 1.807) is 30.8 Å². The third kappa shape index (κ3) is 3.95. The number of carbonyl (C=O) groups excluding carboxylic acids is 1. The van der Waals surface area contributed by atoms with Gasteiger partial charge >= 0.3 is 0 Å². The number of hydrogen-bond acceptors (Lipinski definition) is 5. The molecule has 2 aromatic carbocycles. The second kappa shape index (κ2) is 7.70. The summed E-state index contributed by atoms with van der Waals surface area (Å²) in [5, 5.41) is 5.00. The predicted molar refractivity (Wildman–Crippen MR) is 101 cm³/mol.